The topological polar surface area (TPSA) is 39.9 Å². The fourth-order valence-corrected chi connectivity index (χ4v) is 1.56. The summed E-state index contributed by atoms with van der Waals surface area (Å²) in [4.78, 5) is 0. The van der Waals surface area contributed by atoms with E-state index < -0.39 is 0 Å². The van der Waals surface area contributed by atoms with Crippen molar-refractivity contribution in [1.29, 1.82) is 0 Å². The van der Waals surface area contributed by atoms with E-state index in [1.807, 2.05) is 10.6 Å². The Kier molecular flexibility index (Phi) is 3.49. The Hall–Kier alpha value is -1.75. The maximum absolute atomic E-state index is 13.5. The summed E-state index contributed by atoms with van der Waals surface area (Å²) in [6.45, 7) is 2.95. The molecule has 17 heavy (non-hydrogen) atoms. The third-order valence-electron chi connectivity index (χ3n) is 2.58. The average Bonchev–Trinajstić information content (AvgIpc) is 2.78. The van der Waals surface area contributed by atoms with Crippen LogP contribution in [0.25, 0.3) is 11.4 Å². The number of ether oxygens (including phenoxy) is 1. The molecule has 1 aromatic carbocycles. The normalized spacial score (nSPS) is 10.8. The zero-order valence-electron chi connectivity index (χ0n) is 9.85. The molecule has 0 bridgehead atoms. The first-order valence-electron chi connectivity index (χ1n) is 5.35. The van der Waals surface area contributed by atoms with Crippen molar-refractivity contribution < 1.29 is 9.13 Å². The van der Waals surface area contributed by atoms with Gasteiger partial charge in [-0.1, -0.05) is 12.1 Å². The first-order chi connectivity index (χ1) is 8.22. The van der Waals surface area contributed by atoms with Crippen molar-refractivity contribution in [3.8, 4) is 11.4 Å². The Morgan fingerprint density at radius 1 is 1.41 bits per heavy atom. The maximum Gasteiger partial charge on any atom is 0.163 e. The standard InChI is InChI=1S/C12H14FN3O/c1-9-3-4-10(7-11(9)13)12-15-14-8-16(12)5-6-17-2/h3-4,7-8H,5-6H2,1-2H3. The quantitative estimate of drug-likeness (QED) is 0.814. The summed E-state index contributed by atoms with van der Waals surface area (Å²) in [5.41, 5.74) is 1.35. The number of hydrogen-bond acceptors (Lipinski definition) is 3. The molecule has 1 aromatic heterocycles. The highest BCUT2D eigenvalue weighted by molar-refractivity contribution is 5.55. The molecule has 0 saturated heterocycles. The molecule has 0 amide bonds. The zero-order valence-corrected chi connectivity index (χ0v) is 9.85. The van der Waals surface area contributed by atoms with Crippen molar-refractivity contribution in [2.75, 3.05) is 13.7 Å². The summed E-state index contributed by atoms with van der Waals surface area (Å²) in [7, 11) is 1.63. The van der Waals surface area contributed by atoms with Gasteiger partial charge in [-0.3, -0.25) is 0 Å². The molecule has 0 saturated carbocycles. The van der Waals surface area contributed by atoms with Crippen LogP contribution in [-0.2, 0) is 11.3 Å². The Morgan fingerprint density at radius 2 is 2.24 bits per heavy atom. The SMILES string of the molecule is COCCn1cnnc1-c1ccc(C)c(F)c1. The van der Waals surface area contributed by atoms with Gasteiger partial charge >= 0.3 is 0 Å². The fraction of sp³-hybridized carbons (Fsp3) is 0.333. The number of nitrogens with zero attached hydrogens (tertiary/aromatic N) is 3. The lowest BCUT2D eigenvalue weighted by Gasteiger charge is -2.06. The number of halogens is 1. The second kappa shape index (κ2) is 5.05. The lowest BCUT2D eigenvalue weighted by molar-refractivity contribution is 0.187. The van der Waals surface area contributed by atoms with Gasteiger partial charge in [0.25, 0.3) is 0 Å². The molecule has 2 aromatic rings. The van der Waals surface area contributed by atoms with Crippen LogP contribution in [0.5, 0.6) is 0 Å². The van der Waals surface area contributed by atoms with Crippen molar-refractivity contribution in [1.82, 2.24) is 14.8 Å². The molecule has 1 heterocycles. The minimum Gasteiger partial charge on any atom is -0.383 e. The summed E-state index contributed by atoms with van der Waals surface area (Å²) in [6, 6.07) is 5.05. The molecule has 0 aliphatic rings. The Bertz CT molecular complexity index is 510. The molecule has 0 fully saturated rings. The second-order valence-electron chi connectivity index (χ2n) is 3.80. The summed E-state index contributed by atoms with van der Waals surface area (Å²) in [5, 5.41) is 7.84. The van der Waals surface area contributed by atoms with Crippen molar-refractivity contribution in [2.24, 2.45) is 0 Å². The van der Waals surface area contributed by atoms with E-state index in [-0.39, 0.29) is 5.82 Å². The summed E-state index contributed by atoms with van der Waals surface area (Å²) in [6.07, 6.45) is 1.62. The molecule has 0 aliphatic heterocycles. The predicted octanol–water partition coefficient (Wildman–Crippen LogP) is 2.04. The van der Waals surface area contributed by atoms with Crippen molar-refractivity contribution >= 4 is 0 Å². The van der Waals surface area contributed by atoms with Crippen LogP contribution < -0.4 is 0 Å². The molecule has 90 valence electrons. The minimum atomic E-state index is -0.233. The van der Waals surface area contributed by atoms with Crippen molar-refractivity contribution in [3.05, 3.63) is 35.9 Å². The molecule has 0 spiro atoms. The monoisotopic (exact) mass is 235 g/mol. The van der Waals surface area contributed by atoms with E-state index >= 15 is 0 Å². The van der Waals surface area contributed by atoms with Crippen LogP contribution in [0.1, 0.15) is 5.56 Å². The fourth-order valence-electron chi connectivity index (χ4n) is 1.56. The molecular weight excluding hydrogens is 221 g/mol. The van der Waals surface area contributed by atoms with Crippen LogP contribution in [0.15, 0.2) is 24.5 Å². The average molecular weight is 235 g/mol. The van der Waals surface area contributed by atoms with Gasteiger partial charge in [0.1, 0.15) is 12.1 Å². The smallest absolute Gasteiger partial charge is 0.163 e. The van der Waals surface area contributed by atoms with Gasteiger partial charge in [-0.05, 0) is 18.6 Å². The van der Waals surface area contributed by atoms with Crippen LogP contribution in [0.2, 0.25) is 0 Å². The van der Waals surface area contributed by atoms with E-state index in [0.717, 1.165) is 5.56 Å². The minimum absolute atomic E-state index is 0.233. The van der Waals surface area contributed by atoms with E-state index in [9.17, 15) is 4.39 Å². The van der Waals surface area contributed by atoms with Crippen molar-refractivity contribution in [3.63, 3.8) is 0 Å². The lowest BCUT2D eigenvalue weighted by atomic mass is 10.1. The Balaban J connectivity index is 2.32. The number of aromatic nitrogens is 3. The molecule has 5 heteroatoms. The molecule has 0 atom stereocenters. The molecule has 0 N–H and O–H groups in total. The third-order valence-corrected chi connectivity index (χ3v) is 2.58. The molecule has 2 rings (SSSR count). The zero-order chi connectivity index (χ0) is 12.3. The van der Waals surface area contributed by atoms with Crippen molar-refractivity contribution in [2.45, 2.75) is 13.5 Å². The maximum atomic E-state index is 13.5. The predicted molar refractivity (Wildman–Crippen MR) is 62.0 cm³/mol. The van der Waals surface area contributed by atoms with Gasteiger partial charge in [-0.2, -0.15) is 0 Å². The van der Waals surface area contributed by atoms with Crippen LogP contribution in [0.4, 0.5) is 4.39 Å². The summed E-state index contributed by atoms with van der Waals surface area (Å²) in [5.74, 6) is 0.421. The number of methoxy groups -OCH3 is 1. The van der Waals surface area contributed by atoms with Gasteiger partial charge < -0.3 is 9.30 Å². The lowest BCUT2D eigenvalue weighted by Crippen LogP contribution is -2.05. The highest BCUT2D eigenvalue weighted by Gasteiger charge is 2.08. The molecule has 0 radical (unpaired) electrons. The molecule has 0 unspecified atom stereocenters. The first kappa shape index (κ1) is 11.7. The van der Waals surface area contributed by atoms with Crippen LogP contribution in [0.3, 0.4) is 0 Å². The van der Waals surface area contributed by atoms with E-state index in [2.05, 4.69) is 10.2 Å². The van der Waals surface area contributed by atoms with E-state index in [1.165, 1.54) is 6.07 Å². The van der Waals surface area contributed by atoms with E-state index in [0.29, 0.717) is 24.5 Å². The highest BCUT2D eigenvalue weighted by atomic mass is 19.1. The molecule has 0 aliphatic carbocycles. The largest absolute Gasteiger partial charge is 0.383 e. The number of rotatable bonds is 4. The van der Waals surface area contributed by atoms with Crippen LogP contribution in [-0.4, -0.2) is 28.5 Å². The van der Waals surface area contributed by atoms with E-state index in [1.54, 1.807) is 26.4 Å². The van der Waals surface area contributed by atoms with E-state index in [4.69, 9.17) is 4.74 Å². The second-order valence-corrected chi connectivity index (χ2v) is 3.80. The number of benzene rings is 1. The van der Waals surface area contributed by atoms with Gasteiger partial charge in [0.15, 0.2) is 5.82 Å². The number of aryl methyl sites for hydroxylation is 1. The van der Waals surface area contributed by atoms with Crippen LogP contribution >= 0.6 is 0 Å². The van der Waals surface area contributed by atoms with Gasteiger partial charge in [-0.25, -0.2) is 4.39 Å². The first-order valence-corrected chi connectivity index (χ1v) is 5.35. The van der Waals surface area contributed by atoms with Gasteiger partial charge in [0.2, 0.25) is 0 Å². The highest BCUT2D eigenvalue weighted by Crippen LogP contribution is 2.19. The van der Waals surface area contributed by atoms with Gasteiger partial charge in [0, 0.05) is 19.2 Å². The van der Waals surface area contributed by atoms with Crippen LogP contribution in [0, 0.1) is 12.7 Å². The Labute approximate surface area is 99.1 Å². The molecule has 4 nitrogen and oxygen atoms in total. The summed E-state index contributed by atoms with van der Waals surface area (Å²) < 4.78 is 20.3. The Morgan fingerprint density at radius 3 is 2.94 bits per heavy atom. The number of hydrogen-bond donors (Lipinski definition) is 0. The van der Waals surface area contributed by atoms with Gasteiger partial charge in [-0.15, -0.1) is 10.2 Å². The third kappa shape index (κ3) is 2.50. The molecular formula is C12H14FN3O. The summed E-state index contributed by atoms with van der Waals surface area (Å²) >= 11 is 0. The van der Waals surface area contributed by atoms with Gasteiger partial charge in [0.05, 0.1) is 6.61 Å².